The lowest BCUT2D eigenvalue weighted by Gasteiger charge is -2.01. The second kappa shape index (κ2) is 32.6. The second-order valence-electron chi connectivity index (χ2n) is 8.45. The first kappa shape index (κ1) is 31.1. The summed E-state index contributed by atoms with van der Waals surface area (Å²) >= 11 is 6.93. The Morgan fingerprint density at radius 1 is 0.286 bits per heavy atom. The van der Waals surface area contributed by atoms with Crippen molar-refractivity contribution >= 4 is 31.9 Å². The molecule has 0 nitrogen and oxygen atoms in total. The summed E-state index contributed by atoms with van der Waals surface area (Å²) in [6.45, 7) is 4.56. The molecule has 0 aromatic carbocycles. The van der Waals surface area contributed by atoms with E-state index in [0.717, 1.165) is 0 Å². The van der Waals surface area contributed by atoms with E-state index >= 15 is 0 Å². The molecule has 0 aliphatic heterocycles. The maximum atomic E-state index is 3.47. The highest BCUT2D eigenvalue weighted by molar-refractivity contribution is 9.09. The first-order valence-corrected chi connectivity index (χ1v) is 15.2. The van der Waals surface area contributed by atoms with Gasteiger partial charge in [0.2, 0.25) is 0 Å². The van der Waals surface area contributed by atoms with E-state index in [-0.39, 0.29) is 0 Å². The SMILES string of the molecule is CCCCCCCCCCCCBr.CCCCCCCCCCCCCCBr. The summed E-state index contributed by atoms with van der Waals surface area (Å²) in [7, 11) is 0. The zero-order valence-corrected chi connectivity index (χ0v) is 22.9. The van der Waals surface area contributed by atoms with E-state index in [4.69, 9.17) is 0 Å². The molecule has 0 rings (SSSR count). The number of unbranched alkanes of at least 4 members (excludes halogenated alkanes) is 20. The van der Waals surface area contributed by atoms with E-state index in [0.29, 0.717) is 0 Å². The highest BCUT2D eigenvalue weighted by Crippen LogP contribution is 2.12. The van der Waals surface area contributed by atoms with Gasteiger partial charge in [-0.3, -0.25) is 0 Å². The Kier molecular flexibility index (Phi) is 36.3. The molecule has 0 aromatic heterocycles. The molecule has 0 bridgehead atoms. The second-order valence-corrected chi connectivity index (χ2v) is 10.0. The molecule has 0 aliphatic carbocycles. The van der Waals surface area contributed by atoms with Crippen LogP contribution in [0.5, 0.6) is 0 Å². The molecule has 2 heteroatoms. The van der Waals surface area contributed by atoms with Gasteiger partial charge < -0.3 is 0 Å². The molecule has 0 heterocycles. The summed E-state index contributed by atoms with van der Waals surface area (Å²) in [4.78, 5) is 0. The van der Waals surface area contributed by atoms with Gasteiger partial charge in [0.15, 0.2) is 0 Å². The van der Waals surface area contributed by atoms with Crippen LogP contribution in [0.2, 0.25) is 0 Å². The molecule has 0 atom stereocenters. The minimum absolute atomic E-state index is 1.18. The van der Waals surface area contributed by atoms with Gasteiger partial charge >= 0.3 is 0 Å². The smallest absolute Gasteiger partial charge is 0.00313 e. The predicted octanol–water partition coefficient (Wildman–Crippen LogP) is 11.4. The predicted molar refractivity (Wildman–Crippen MR) is 141 cm³/mol. The van der Waals surface area contributed by atoms with Crippen LogP contribution in [-0.2, 0) is 0 Å². The molecule has 0 unspecified atom stereocenters. The van der Waals surface area contributed by atoms with Crippen molar-refractivity contribution in [1.82, 2.24) is 0 Å². The number of halogens is 2. The fraction of sp³-hybridized carbons (Fsp3) is 1.00. The largest absolute Gasteiger partial charge is 0.0928 e. The molecular formula is C26H54Br2. The van der Waals surface area contributed by atoms with Crippen molar-refractivity contribution < 1.29 is 0 Å². The fourth-order valence-corrected chi connectivity index (χ4v) is 4.31. The first-order valence-electron chi connectivity index (χ1n) is 12.9. The molecular weight excluding hydrogens is 472 g/mol. The average molecular weight is 527 g/mol. The number of hydrogen-bond acceptors (Lipinski definition) is 0. The van der Waals surface area contributed by atoms with Gasteiger partial charge in [0.1, 0.15) is 0 Å². The normalized spacial score (nSPS) is 10.7. The molecule has 0 N–H and O–H groups in total. The van der Waals surface area contributed by atoms with Crippen LogP contribution in [0.15, 0.2) is 0 Å². The molecule has 0 saturated carbocycles. The van der Waals surface area contributed by atoms with Crippen molar-refractivity contribution in [3.8, 4) is 0 Å². The lowest BCUT2D eigenvalue weighted by Crippen LogP contribution is -1.82. The third-order valence-corrected chi connectivity index (χ3v) is 6.60. The van der Waals surface area contributed by atoms with Crippen LogP contribution in [0.25, 0.3) is 0 Å². The molecule has 0 amide bonds. The van der Waals surface area contributed by atoms with Gasteiger partial charge in [0, 0.05) is 10.7 Å². The summed E-state index contributed by atoms with van der Waals surface area (Å²) in [5.74, 6) is 0. The molecule has 0 saturated heterocycles. The van der Waals surface area contributed by atoms with Crippen molar-refractivity contribution in [2.24, 2.45) is 0 Å². The highest BCUT2D eigenvalue weighted by atomic mass is 79.9. The molecule has 0 aliphatic rings. The Balaban J connectivity index is 0. The Morgan fingerprint density at radius 2 is 0.464 bits per heavy atom. The number of rotatable bonds is 22. The van der Waals surface area contributed by atoms with Gasteiger partial charge in [0.05, 0.1) is 0 Å². The highest BCUT2D eigenvalue weighted by Gasteiger charge is 1.93. The van der Waals surface area contributed by atoms with E-state index in [9.17, 15) is 0 Å². The van der Waals surface area contributed by atoms with Gasteiger partial charge in [-0.05, 0) is 12.8 Å². The Morgan fingerprint density at radius 3 is 0.643 bits per heavy atom. The van der Waals surface area contributed by atoms with Gasteiger partial charge in [-0.1, -0.05) is 174 Å². The average Bonchev–Trinajstić information content (AvgIpc) is 2.71. The Labute approximate surface area is 197 Å². The quantitative estimate of drug-likeness (QED) is 0.0972. The summed E-state index contributed by atoms with van der Waals surface area (Å²) in [5.41, 5.74) is 0. The molecule has 0 radical (unpaired) electrons. The van der Waals surface area contributed by atoms with Gasteiger partial charge in [-0.25, -0.2) is 0 Å². The lowest BCUT2D eigenvalue weighted by molar-refractivity contribution is 0.548. The maximum Gasteiger partial charge on any atom is 0.00313 e. The van der Waals surface area contributed by atoms with Gasteiger partial charge in [0.25, 0.3) is 0 Å². The Hall–Kier alpha value is 0.960. The van der Waals surface area contributed by atoms with E-state index < -0.39 is 0 Å². The van der Waals surface area contributed by atoms with Crippen molar-refractivity contribution in [3.05, 3.63) is 0 Å². The fourth-order valence-electron chi connectivity index (χ4n) is 3.52. The van der Waals surface area contributed by atoms with Crippen LogP contribution in [0.4, 0.5) is 0 Å². The van der Waals surface area contributed by atoms with Crippen LogP contribution >= 0.6 is 31.9 Å². The minimum Gasteiger partial charge on any atom is -0.0928 e. The van der Waals surface area contributed by atoms with Crippen LogP contribution in [0, 0.1) is 0 Å². The minimum atomic E-state index is 1.18. The first-order chi connectivity index (χ1) is 13.8. The molecule has 172 valence electrons. The van der Waals surface area contributed by atoms with Gasteiger partial charge in [-0.15, -0.1) is 0 Å². The van der Waals surface area contributed by atoms with Crippen LogP contribution in [0.3, 0.4) is 0 Å². The van der Waals surface area contributed by atoms with Crippen molar-refractivity contribution in [2.75, 3.05) is 10.7 Å². The zero-order chi connectivity index (χ0) is 21.0. The maximum absolute atomic E-state index is 3.47. The standard InChI is InChI=1S/C14H29Br.C12H25Br/c1-2-3-4-5-6-7-8-9-10-11-12-13-14-15;1-2-3-4-5-6-7-8-9-10-11-12-13/h2-14H2,1H3;2-12H2,1H3. The van der Waals surface area contributed by atoms with E-state index in [1.165, 1.54) is 152 Å². The molecule has 0 fully saturated rings. The van der Waals surface area contributed by atoms with E-state index in [1.54, 1.807) is 0 Å². The Bertz CT molecular complexity index is 208. The summed E-state index contributed by atoms with van der Waals surface area (Å²) in [6, 6.07) is 0. The van der Waals surface area contributed by atoms with E-state index in [2.05, 4.69) is 45.7 Å². The lowest BCUT2D eigenvalue weighted by atomic mass is 10.1. The third kappa shape index (κ3) is 34.5. The third-order valence-electron chi connectivity index (χ3n) is 5.47. The molecule has 28 heavy (non-hydrogen) atoms. The van der Waals surface area contributed by atoms with Crippen molar-refractivity contribution in [1.29, 1.82) is 0 Å². The van der Waals surface area contributed by atoms with Crippen LogP contribution in [-0.4, -0.2) is 10.7 Å². The number of hydrogen-bond donors (Lipinski definition) is 0. The molecule has 0 aromatic rings. The monoisotopic (exact) mass is 524 g/mol. The summed E-state index contributed by atoms with van der Waals surface area (Å²) in [6.07, 6.45) is 31.6. The summed E-state index contributed by atoms with van der Waals surface area (Å²) in [5, 5.41) is 2.37. The topological polar surface area (TPSA) is 0 Å². The molecule has 0 spiro atoms. The van der Waals surface area contributed by atoms with E-state index in [1.807, 2.05) is 0 Å². The van der Waals surface area contributed by atoms with Gasteiger partial charge in [-0.2, -0.15) is 0 Å². The van der Waals surface area contributed by atoms with Crippen molar-refractivity contribution in [3.63, 3.8) is 0 Å². The van der Waals surface area contributed by atoms with Crippen LogP contribution < -0.4 is 0 Å². The summed E-state index contributed by atoms with van der Waals surface area (Å²) < 4.78 is 0. The zero-order valence-electron chi connectivity index (χ0n) is 19.7. The van der Waals surface area contributed by atoms with Crippen LogP contribution in [0.1, 0.15) is 155 Å². The van der Waals surface area contributed by atoms with Crippen molar-refractivity contribution in [2.45, 2.75) is 155 Å². The number of alkyl halides is 2.